The first-order valence-electron chi connectivity index (χ1n) is 7.12. The third-order valence-corrected chi connectivity index (χ3v) is 3.89. The van der Waals surface area contributed by atoms with Crippen LogP contribution in [0.25, 0.3) is 5.65 Å². The summed E-state index contributed by atoms with van der Waals surface area (Å²) in [5, 5.41) is 17.0. The summed E-state index contributed by atoms with van der Waals surface area (Å²) in [6.07, 6.45) is 3.99. The van der Waals surface area contributed by atoms with Gasteiger partial charge in [-0.05, 0) is 31.5 Å². The Kier molecular flexibility index (Phi) is 2.66. The monoisotopic (exact) mass is 283 g/mol. The van der Waals surface area contributed by atoms with Gasteiger partial charge in [-0.3, -0.25) is 4.68 Å². The quantitative estimate of drug-likeness (QED) is 0.719. The van der Waals surface area contributed by atoms with E-state index in [1.165, 1.54) is 5.56 Å². The molecule has 0 atom stereocenters. The summed E-state index contributed by atoms with van der Waals surface area (Å²) in [6.45, 7) is 6.97. The lowest BCUT2D eigenvalue weighted by atomic mass is 10.0. The van der Waals surface area contributed by atoms with Crippen molar-refractivity contribution in [3.8, 4) is 0 Å². The van der Waals surface area contributed by atoms with Crippen LogP contribution in [0.5, 0.6) is 0 Å². The van der Waals surface area contributed by atoms with E-state index in [9.17, 15) is 0 Å². The minimum Gasteiger partial charge on any atom is -0.354 e. The van der Waals surface area contributed by atoms with Crippen molar-refractivity contribution in [1.29, 1.82) is 0 Å². The molecule has 0 N–H and O–H groups in total. The first-order chi connectivity index (χ1) is 10.2. The van der Waals surface area contributed by atoms with Crippen LogP contribution >= 0.6 is 0 Å². The van der Waals surface area contributed by atoms with E-state index in [0.717, 1.165) is 36.9 Å². The number of fused-ring (bicyclic) bond motifs is 1. The Bertz CT molecular complexity index is 782. The molecule has 0 aromatic carbocycles. The van der Waals surface area contributed by atoms with Crippen LogP contribution < -0.4 is 4.90 Å². The molecule has 4 rings (SSSR count). The largest absolute Gasteiger partial charge is 0.354 e. The van der Waals surface area contributed by atoms with Crippen LogP contribution in [0.15, 0.2) is 24.5 Å². The molecule has 0 radical (unpaired) electrons. The van der Waals surface area contributed by atoms with Gasteiger partial charge < -0.3 is 4.90 Å². The van der Waals surface area contributed by atoms with Crippen molar-refractivity contribution >= 4 is 11.5 Å². The fourth-order valence-electron chi connectivity index (χ4n) is 2.76. The second-order valence-corrected chi connectivity index (χ2v) is 5.72. The summed E-state index contributed by atoms with van der Waals surface area (Å²) in [4.78, 5) is 2.28. The Labute approximate surface area is 122 Å². The maximum atomic E-state index is 4.60. The number of rotatable bonds is 3. The van der Waals surface area contributed by atoms with Crippen molar-refractivity contribution in [3.05, 3.63) is 35.9 Å². The molecule has 7 nitrogen and oxygen atoms in total. The number of aromatic nitrogens is 6. The van der Waals surface area contributed by atoms with Gasteiger partial charge in [-0.15, -0.1) is 15.3 Å². The molecule has 0 aliphatic carbocycles. The number of aryl methyl sites for hydroxylation is 2. The third kappa shape index (κ3) is 2.14. The molecule has 108 valence electrons. The smallest absolute Gasteiger partial charge is 0.178 e. The molecule has 0 unspecified atom stereocenters. The summed E-state index contributed by atoms with van der Waals surface area (Å²) in [5.74, 6) is 2.43. The lowest BCUT2D eigenvalue weighted by molar-refractivity contribution is 0.339. The summed E-state index contributed by atoms with van der Waals surface area (Å²) < 4.78 is 3.82. The molecule has 1 aliphatic heterocycles. The number of hydrogen-bond donors (Lipinski definition) is 0. The fourth-order valence-corrected chi connectivity index (χ4v) is 2.76. The number of anilines is 1. The Morgan fingerprint density at radius 3 is 2.81 bits per heavy atom. The van der Waals surface area contributed by atoms with Crippen LogP contribution in [0.3, 0.4) is 0 Å². The molecular weight excluding hydrogens is 266 g/mol. The fraction of sp³-hybridized carbons (Fsp3) is 0.429. The highest BCUT2D eigenvalue weighted by Crippen LogP contribution is 2.24. The normalized spacial score (nSPS) is 15.6. The van der Waals surface area contributed by atoms with Crippen LogP contribution in [0.4, 0.5) is 5.82 Å². The van der Waals surface area contributed by atoms with Crippen LogP contribution in [0, 0.1) is 19.8 Å². The van der Waals surface area contributed by atoms with E-state index in [1.807, 2.05) is 29.9 Å². The molecular formula is C14H17N7. The molecule has 1 fully saturated rings. The van der Waals surface area contributed by atoms with Crippen molar-refractivity contribution in [2.75, 3.05) is 18.0 Å². The van der Waals surface area contributed by atoms with Gasteiger partial charge in [0.25, 0.3) is 0 Å². The second-order valence-electron chi connectivity index (χ2n) is 5.72. The van der Waals surface area contributed by atoms with Crippen molar-refractivity contribution in [2.45, 2.75) is 20.4 Å². The van der Waals surface area contributed by atoms with Gasteiger partial charge in [-0.25, -0.2) is 0 Å². The molecule has 0 bridgehead atoms. The molecule has 3 aromatic rings. The topological polar surface area (TPSA) is 64.1 Å². The summed E-state index contributed by atoms with van der Waals surface area (Å²) >= 11 is 0. The third-order valence-electron chi connectivity index (χ3n) is 3.89. The lowest BCUT2D eigenvalue weighted by Crippen LogP contribution is -2.49. The molecule has 1 aliphatic rings. The van der Waals surface area contributed by atoms with Gasteiger partial charge in [-0.1, -0.05) is 0 Å². The molecule has 4 heterocycles. The zero-order valence-electron chi connectivity index (χ0n) is 12.1. The van der Waals surface area contributed by atoms with Crippen molar-refractivity contribution in [1.82, 2.24) is 29.6 Å². The summed E-state index contributed by atoms with van der Waals surface area (Å²) in [5.41, 5.74) is 2.00. The Morgan fingerprint density at radius 2 is 2.05 bits per heavy atom. The molecule has 3 aromatic heterocycles. The zero-order chi connectivity index (χ0) is 14.4. The maximum absolute atomic E-state index is 4.60. The highest BCUT2D eigenvalue weighted by Gasteiger charge is 2.28. The standard InChI is InChI=1S/C14H17N7/c1-10-5-15-20(6-10)9-12-7-19(8-12)14-4-3-13-17-16-11(2)21(13)18-14/h3-6,12H,7-9H2,1-2H3. The Balaban J connectivity index is 1.45. The van der Waals surface area contributed by atoms with Gasteiger partial charge >= 0.3 is 0 Å². The first kappa shape index (κ1) is 12.3. The van der Waals surface area contributed by atoms with E-state index in [1.54, 1.807) is 4.52 Å². The van der Waals surface area contributed by atoms with Crippen LogP contribution in [-0.4, -0.2) is 42.7 Å². The van der Waals surface area contributed by atoms with Crippen molar-refractivity contribution < 1.29 is 0 Å². The predicted molar refractivity (Wildman–Crippen MR) is 78.2 cm³/mol. The first-order valence-corrected chi connectivity index (χ1v) is 7.12. The van der Waals surface area contributed by atoms with Crippen molar-refractivity contribution in [2.24, 2.45) is 5.92 Å². The molecule has 0 spiro atoms. The molecule has 0 amide bonds. The lowest BCUT2D eigenvalue weighted by Gasteiger charge is -2.39. The van der Waals surface area contributed by atoms with Gasteiger partial charge in [0, 0.05) is 31.7 Å². The summed E-state index contributed by atoms with van der Waals surface area (Å²) in [6, 6.07) is 3.98. The van der Waals surface area contributed by atoms with Gasteiger partial charge in [0.1, 0.15) is 5.82 Å². The van der Waals surface area contributed by atoms with Gasteiger partial charge in [-0.2, -0.15) is 9.61 Å². The van der Waals surface area contributed by atoms with E-state index in [0.29, 0.717) is 5.92 Å². The van der Waals surface area contributed by atoms with Gasteiger partial charge in [0.2, 0.25) is 0 Å². The molecule has 0 saturated carbocycles. The molecule has 21 heavy (non-hydrogen) atoms. The van der Waals surface area contributed by atoms with Gasteiger partial charge in [0.05, 0.1) is 6.20 Å². The summed E-state index contributed by atoms with van der Waals surface area (Å²) in [7, 11) is 0. The Morgan fingerprint density at radius 1 is 1.19 bits per heavy atom. The average Bonchev–Trinajstić information content (AvgIpc) is 3.00. The highest BCUT2D eigenvalue weighted by atomic mass is 15.4. The second kappa shape index (κ2) is 4.54. The minimum atomic E-state index is 0.629. The molecule has 7 heteroatoms. The van der Waals surface area contributed by atoms with E-state index < -0.39 is 0 Å². The van der Waals surface area contributed by atoms with Crippen LogP contribution in [-0.2, 0) is 6.54 Å². The highest BCUT2D eigenvalue weighted by molar-refractivity contribution is 5.47. The minimum absolute atomic E-state index is 0.629. The molecule has 1 saturated heterocycles. The van der Waals surface area contributed by atoms with Crippen molar-refractivity contribution in [3.63, 3.8) is 0 Å². The Hall–Kier alpha value is -2.44. The predicted octanol–water partition coefficient (Wildman–Crippen LogP) is 1.07. The van der Waals surface area contributed by atoms with E-state index >= 15 is 0 Å². The average molecular weight is 283 g/mol. The number of hydrogen-bond acceptors (Lipinski definition) is 5. The zero-order valence-corrected chi connectivity index (χ0v) is 12.1. The van der Waals surface area contributed by atoms with E-state index in [2.05, 4.69) is 38.4 Å². The van der Waals surface area contributed by atoms with E-state index in [-0.39, 0.29) is 0 Å². The van der Waals surface area contributed by atoms with Gasteiger partial charge in [0.15, 0.2) is 11.5 Å². The van der Waals surface area contributed by atoms with E-state index in [4.69, 9.17) is 0 Å². The maximum Gasteiger partial charge on any atom is 0.178 e. The number of nitrogens with zero attached hydrogens (tertiary/aromatic N) is 7. The van der Waals surface area contributed by atoms with Crippen LogP contribution in [0.1, 0.15) is 11.4 Å². The SMILES string of the molecule is Cc1cnn(CC2CN(c3ccc4nnc(C)n4n3)C2)c1. The van der Waals surface area contributed by atoms with Crippen LogP contribution in [0.2, 0.25) is 0 Å².